The predicted molar refractivity (Wildman–Crippen MR) is 125 cm³/mol. The lowest BCUT2D eigenvalue weighted by molar-refractivity contribution is -0.147. The van der Waals surface area contributed by atoms with Gasteiger partial charge >= 0.3 is 5.97 Å². The van der Waals surface area contributed by atoms with Gasteiger partial charge in [0.25, 0.3) is 5.91 Å². The lowest BCUT2D eigenvalue weighted by Crippen LogP contribution is -2.37. The van der Waals surface area contributed by atoms with Crippen molar-refractivity contribution in [3.63, 3.8) is 0 Å². The predicted octanol–water partition coefficient (Wildman–Crippen LogP) is 2.72. The minimum absolute atomic E-state index is 0.0631. The molecule has 0 aliphatic heterocycles. The summed E-state index contributed by atoms with van der Waals surface area (Å²) in [6, 6.07) is 12.9. The monoisotopic (exact) mass is 489 g/mol. The zero-order valence-corrected chi connectivity index (χ0v) is 20.0. The molecule has 1 amide bonds. The molecule has 0 radical (unpaired) electrons. The first-order valence-corrected chi connectivity index (χ1v) is 12.3. The highest BCUT2D eigenvalue weighted by Gasteiger charge is 2.25. The van der Waals surface area contributed by atoms with Gasteiger partial charge in [-0.1, -0.05) is 35.6 Å². The van der Waals surface area contributed by atoms with E-state index in [9.17, 15) is 22.8 Å². The molecule has 1 aromatic heterocycles. The van der Waals surface area contributed by atoms with Gasteiger partial charge in [0.2, 0.25) is 10.0 Å². The number of hydrogen-bond acceptors (Lipinski definition) is 8. The number of para-hydroxylation sites is 1. The summed E-state index contributed by atoms with van der Waals surface area (Å²) >= 11 is 1.35. The Bertz CT molecular complexity index is 1250. The van der Waals surface area contributed by atoms with Gasteiger partial charge in [-0.2, -0.15) is 4.31 Å². The zero-order valence-electron chi connectivity index (χ0n) is 18.3. The fraction of sp³-hybridized carbons (Fsp3) is 0.273. The van der Waals surface area contributed by atoms with Gasteiger partial charge in [0, 0.05) is 19.2 Å². The SMILES string of the molecule is CCN(C(=O)COC(=O)CN(C)S(=O)(=O)c1ccc(C(C)=O)cc1)c1nc2ccccc2s1. The number of carbonyl (C=O) groups excluding carboxylic acids is 3. The molecule has 0 N–H and O–H groups in total. The van der Waals surface area contributed by atoms with Crippen molar-refractivity contribution in [2.45, 2.75) is 18.7 Å². The Balaban J connectivity index is 1.60. The van der Waals surface area contributed by atoms with Gasteiger partial charge in [-0.25, -0.2) is 13.4 Å². The van der Waals surface area contributed by atoms with Crippen molar-refractivity contribution in [3.05, 3.63) is 54.1 Å². The van der Waals surface area contributed by atoms with Crippen LogP contribution in [-0.4, -0.2) is 62.1 Å². The maximum absolute atomic E-state index is 12.7. The Labute approximate surface area is 195 Å². The number of esters is 1. The number of nitrogens with zero attached hydrogens (tertiary/aromatic N) is 3. The van der Waals surface area contributed by atoms with E-state index in [2.05, 4.69) is 4.98 Å². The molecule has 174 valence electrons. The molecular weight excluding hydrogens is 466 g/mol. The summed E-state index contributed by atoms with van der Waals surface area (Å²) in [6.07, 6.45) is 0. The summed E-state index contributed by atoms with van der Waals surface area (Å²) in [7, 11) is -2.74. The van der Waals surface area contributed by atoms with Crippen LogP contribution in [0.4, 0.5) is 5.13 Å². The number of likely N-dealkylation sites (N-methyl/N-ethyl adjacent to an activating group) is 2. The molecule has 0 saturated heterocycles. The summed E-state index contributed by atoms with van der Waals surface area (Å²) < 4.78 is 32.1. The number of carbonyl (C=O) groups is 3. The van der Waals surface area contributed by atoms with E-state index in [0.717, 1.165) is 14.5 Å². The number of fused-ring (bicyclic) bond motifs is 1. The van der Waals surface area contributed by atoms with Crippen LogP contribution in [0.25, 0.3) is 10.2 Å². The quantitative estimate of drug-likeness (QED) is 0.335. The molecule has 11 heteroatoms. The van der Waals surface area contributed by atoms with Crippen molar-refractivity contribution in [2.75, 3.05) is 31.6 Å². The van der Waals surface area contributed by atoms with Crippen molar-refractivity contribution >= 4 is 54.4 Å². The van der Waals surface area contributed by atoms with Crippen molar-refractivity contribution in [3.8, 4) is 0 Å². The second-order valence-corrected chi connectivity index (χ2v) is 10.2. The van der Waals surface area contributed by atoms with E-state index in [1.807, 2.05) is 24.3 Å². The third kappa shape index (κ3) is 5.62. The van der Waals surface area contributed by atoms with E-state index in [1.165, 1.54) is 54.5 Å². The number of ether oxygens (including phenoxy) is 1. The molecule has 0 bridgehead atoms. The second kappa shape index (κ2) is 10.2. The third-order valence-electron chi connectivity index (χ3n) is 4.81. The molecule has 1 heterocycles. The van der Waals surface area contributed by atoms with Crippen LogP contribution in [-0.2, 0) is 24.3 Å². The number of amides is 1. The molecule has 9 nitrogen and oxygen atoms in total. The lowest BCUT2D eigenvalue weighted by atomic mass is 10.2. The zero-order chi connectivity index (χ0) is 24.2. The Hall–Kier alpha value is -3.15. The molecule has 33 heavy (non-hydrogen) atoms. The van der Waals surface area contributed by atoms with Crippen LogP contribution in [0.2, 0.25) is 0 Å². The van der Waals surface area contributed by atoms with Gasteiger partial charge in [0.05, 0.1) is 15.1 Å². The number of hydrogen-bond donors (Lipinski definition) is 0. The van der Waals surface area contributed by atoms with Gasteiger partial charge in [-0.15, -0.1) is 0 Å². The Morgan fingerprint density at radius 2 is 1.73 bits per heavy atom. The van der Waals surface area contributed by atoms with Crippen LogP contribution in [0.3, 0.4) is 0 Å². The fourth-order valence-corrected chi connectivity index (χ4v) is 5.13. The van der Waals surface area contributed by atoms with Gasteiger partial charge in [0.15, 0.2) is 17.5 Å². The first kappa shape index (κ1) is 24.5. The van der Waals surface area contributed by atoms with E-state index in [4.69, 9.17) is 4.74 Å². The maximum Gasteiger partial charge on any atom is 0.321 e. The first-order valence-electron chi connectivity index (χ1n) is 10.0. The maximum atomic E-state index is 12.7. The first-order chi connectivity index (χ1) is 15.6. The van der Waals surface area contributed by atoms with Crippen LogP contribution in [0.15, 0.2) is 53.4 Å². The molecule has 0 fully saturated rings. The standard InChI is InChI=1S/C22H23N3O6S2/c1-4-25(22-23-18-7-5-6-8-19(18)32-22)20(27)14-31-21(28)13-24(3)33(29,30)17-11-9-16(10-12-17)15(2)26/h5-12H,4,13-14H2,1-3H3. The smallest absolute Gasteiger partial charge is 0.321 e. The van der Waals surface area contributed by atoms with E-state index in [-0.39, 0.29) is 10.7 Å². The molecule has 3 aromatic rings. The lowest BCUT2D eigenvalue weighted by Gasteiger charge is -2.19. The van der Waals surface area contributed by atoms with Crippen LogP contribution in [0.5, 0.6) is 0 Å². The second-order valence-electron chi connectivity index (χ2n) is 7.10. The third-order valence-corrected chi connectivity index (χ3v) is 7.69. The van der Waals surface area contributed by atoms with Gasteiger partial charge in [-0.3, -0.25) is 19.3 Å². The molecule has 0 saturated carbocycles. The number of benzene rings is 2. The highest BCUT2D eigenvalue weighted by Crippen LogP contribution is 2.28. The largest absolute Gasteiger partial charge is 0.455 e. The van der Waals surface area contributed by atoms with Crippen LogP contribution in [0.1, 0.15) is 24.2 Å². The van der Waals surface area contributed by atoms with Gasteiger partial charge in [-0.05, 0) is 38.1 Å². The van der Waals surface area contributed by atoms with E-state index < -0.39 is 35.1 Å². The number of anilines is 1. The summed E-state index contributed by atoms with van der Waals surface area (Å²) in [5.41, 5.74) is 1.15. The molecule has 0 aliphatic rings. The molecule has 0 unspecified atom stereocenters. The van der Waals surface area contributed by atoms with Crippen molar-refractivity contribution < 1.29 is 27.5 Å². The van der Waals surface area contributed by atoms with E-state index >= 15 is 0 Å². The number of rotatable bonds is 9. The Kier molecular flexibility index (Phi) is 7.57. The molecule has 0 atom stereocenters. The van der Waals surface area contributed by atoms with Gasteiger partial charge in [0.1, 0.15) is 6.54 Å². The van der Waals surface area contributed by atoms with Crippen molar-refractivity contribution in [2.24, 2.45) is 0 Å². The highest BCUT2D eigenvalue weighted by molar-refractivity contribution is 7.89. The van der Waals surface area contributed by atoms with Gasteiger partial charge < -0.3 is 4.74 Å². The molecule has 2 aromatic carbocycles. The topological polar surface area (TPSA) is 114 Å². The van der Waals surface area contributed by atoms with E-state index in [0.29, 0.717) is 17.2 Å². The van der Waals surface area contributed by atoms with Crippen LogP contribution in [0, 0.1) is 0 Å². The number of thiazole rings is 1. The van der Waals surface area contributed by atoms with E-state index in [1.54, 1.807) is 6.92 Å². The van der Waals surface area contributed by atoms with Crippen LogP contribution >= 0.6 is 11.3 Å². The summed E-state index contributed by atoms with van der Waals surface area (Å²) in [5, 5.41) is 0.494. The van der Waals surface area contributed by atoms with Crippen molar-refractivity contribution in [1.82, 2.24) is 9.29 Å². The average Bonchev–Trinajstić information content (AvgIpc) is 3.21. The van der Waals surface area contributed by atoms with Crippen LogP contribution < -0.4 is 4.90 Å². The number of Topliss-reactive ketones (excluding diaryl/α,β-unsaturated/α-hetero) is 1. The molecule has 0 spiro atoms. The molecule has 3 rings (SSSR count). The molecular formula is C22H23N3O6S2. The number of sulfonamides is 1. The molecule has 0 aliphatic carbocycles. The highest BCUT2D eigenvalue weighted by atomic mass is 32.2. The minimum Gasteiger partial charge on any atom is -0.455 e. The van der Waals surface area contributed by atoms with Crippen molar-refractivity contribution in [1.29, 1.82) is 0 Å². The average molecular weight is 490 g/mol. The Morgan fingerprint density at radius 1 is 1.06 bits per heavy atom. The Morgan fingerprint density at radius 3 is 2.33 bits per heavy atom. The normalized spacial score (nSPS) is 11.5. The number of aromatic nitrogens is 1. The minimum atomic E-state index is -3.98. The summed E-state index contributed by atoms with van der Waals surface area (Å²) in [6.45, 7) is 2.38. The summed E-state index contributed by atoms with van der Waals surface area (Å²) in [4.78, 5) is 42.0. The summed E-state index contributed by atoms with van der Waals surface area (Å²) in [5.74, 6) is -1.52. The number of ketones is 1. The fourth-order valence-electron chi connectivity index (χ4n) is 2.97.